The largest absolute Gasteiger partial charge is 0.534 e. The molecule has 1 aliphatic heterocycles. The molecule has 160 valence electrons. The van der Waals surface area contributed by atoms with Crippen molar-refractivity contribution in [2.45, 2.75) is 24.6 Å². The number of benzene rings is 2. The van der Waals surface area contributed by atoms with Crippen molar-refractivity contribution in [1.29, 1.82) is 0 Å². The molecular weight excluding hydrogens is 423 g/mol. The number of ether oxygens (including phenoxy) is 1. The third-order valence-electron chi connectivity index (χ3n) is 4.41. The van der Waals surface area contributed by atoms with Gasteiger partial charge in [0.05, 0.1) is 6.04 Å². The van der Waals surface area contributed by atoms with Crippen molar-refractivity contribution in [2.24, 2.45) is 0 Å². The molecule has 6 nitrogen and oxygen atoms in total. The van der Waals surface area contributed by atoms with Crippen LogP contribution in [0.4, 0.5) is 18.0 Å². The number of nitrogens with zero attached hydrogens (tertiary/aromatic N) is 1. The number of hydrogen-bond donors (Lipinski definition) is 0. The van der Waals surface area contributed by atoms with Crippen LogP contribution in [0.3, 0.4) is 0 Å². The van der Waals surface area contributed by atoms with E-state index in [1.165, 1.54) is 4.90 Å². The topological polar surface area (TPSA) is 72.9 Å². The van der Waals surface area contributed by atoms with Gasteiger partial charge in [-0.15, -0.1) is 0 Å². The summed E-state index contributed by atoms with van der Waals surface area (Å²) < 4.78 is 70.3. The summed E-state index contributed by atoms with van der Waals surface area (Å²) in [5.74, 6) is -0.381. The molecule has 0 saturated heterocycles. The molecular formula is C20H18F3NO5S. The van der Waals surface area contributed by atoms with Gasteiger partial charge in [-0.05, 0) is 17.2 Å². The molecule has 0 aromatic heterocycles. The zero-order chi connectivity index (χ0) is 21.8. The summed E-state index contributed by atoms with van der Waals surface area (Å²) >= 11 is 0. The Morgan fingerprint density at radius 2 is 1.63 bits per heavy atom. The smallest absolute Gasteiger partial charge is 0.445 e. The SMILES string of the molecule is O=C(OCc1ccccc1)N1CC=C(OS(=O)(=O)C(F)(F)F)CC1c1ccccc1. The van der Waals surface area contributed by atoms with Crippen LogP contribution >= 0.6 is 0 Å². The number of halogens is 3. The van der Waals surface area contributed by atoms with E-state index in [1.807, 2.05) is 6.07 Å². The Morgan fingerprint density at radius 3 is 2.23 bits per heavy atom. The summed E-state index contributed by atoms with van der Waals surface area (Å²) in [7, 11) is -5.79. The lowest BCUT2D eigenvalue weighted by Crippen LogP contribution is -2.39. The normalized spacial score (nSPS) is 17.2. The second kappa shape index (κ2) is 8.78. The van der Waals surface area contributed by atoms with E-state index >= 15 is 0 Å². The van der Waals surface area contributed by atoms with E-state index in [4.69, 9.17) is 4.74 Å². The van der Waals surface area contributed by atoms with E-state index in [2.05, 4.69) is 4.18 Å². The fourth-order valence-electron chi connectivity index (χ4n) is 2.94. The van der Waals surface area contributed by atoms with Gasteiger partial charge in [0.15, 0.2) is 0 Å². The highest BCUT2D eigenvalue weighted by Crippen LogP contribution is 2.35. The van der Waals surface area contributed by atoms with Gasteiger partial charge in [0.2, 0.25) is 0 Å². The zero-order valence-corrected chi connectivity index (χ0v) is 16.4. The van der Waals surface area contributed by atoms with Crippen molar-refractivity contribution in [2.75, 3.05) is 6.54 Å². The average molecular weight is 441 g/mol. The maximum Gasteiger partial charge on any atom is 0.534 e. The first-order chi connectivity index (χ1) is 14.2. The summed E-state index contributed by atoms with van der Waals surface area (Å²) in [6.45, 7) is -0.150. The first-order valence-electron chi connectivity index (χ1n) is 8.89. The van der Waals surface area contributed by atoms with Gasteiger partial charge in [-0.1, -0.05) is 60.7 Å². The predicted octanol–water partition coefficient (Wildman–Crippen LogP) is 4.52. The fourth-order valence-corrected chi connectivity index (χ4v) is 3.46. The molecule has 0 saturated carbocycles. The first kappa shape index (κ1) is 21.7. The molecule has 3 rings (SSSR count). The zero-order valence-electron chi connectivity index (χ0n) is 15.6. The minimum absolute atomic E-state index is 0.0210. The van der Waals surface area contributed by atoms with Crippen molar-refractivity contribution in [3.05, 3.63) is 83.6 Å². The number of carbonyl (C=O) groups is 1. The molecule has 0 fully saturated rings. The number of carbonyl (C=O) groups excluding carboxylic acids is 1. The van der Waals surface area contributed by atoms with Crippen molar-refractivity contribution in [3.63, 3.8) is 0 Å². The number of hydrogen-bond acceptors (Lipinski definition) is 5. The molecule has 2 aromatic rings. The lowest BCUT2D eigenvalue weighted by atomic mass is 9.98. The van der Waals surface area contributed by atoms with Crippen LogP contribution in [0.15, 0.2) is 72.5 Å². The minimum Gasteiger partial charge on any atom is -0.445 e. The van der Waals surface area contributed by atoms with Gasteiger partial charge in [-0.2, -0.15) is 21.6 Å². The average Bonchev–Trinajstić information content (AvgIpc) is 2.72. The van der Waals surface area contributed by atoms with Crippen LogP contribution in [0.25, 0.3) is 0 Å². The second-order valence-electron chi connectivity index (χ2n) is 6.48. The number of amides is 1. The van der Waals surface area contributed by atoms with Crippen LogP contribution in [0.1, 0.15) is 23.6 Å². The maximum absolute atomic E-state index is 12.7. The van der Waals surface area contributed by atoms with E-state index < -0.39 is 27.8 Å². The standard InChI is InChI=1S/C20H18F3NO5S/c21-20(22,23)30(26,27)29-17-11-12-24(18(13-17)16-9-5-2-6-10-16)19(25)28-14-15-7-3-1-4-8-15/h1-11,18H,12-14H2. The van der Waals surface area contributed by atoms with Gasteiger partial charge >= 0.3 is 21.7 Å². The molecule has 30 heavy (non-hydrogen) atoms. The van der Waals surface area contributed by atoms with E-state index in [1.54, 1.807) is 54.6 Å². The summed E-state index contributed by atoms with van der Waals surface area (Å²) in [4.78, 5) is 14.0. The summed E-state index contributed by atoms with van der Waals surface area (Å²) in [5.41, 5.74) is -4.16. The fraction of sp³-hybridized carbons (Fsp3) is 0.250. The number of rotatable bonds is 5. The van der Waals surface area contributed by atoms with Crippen LogP contribution in [-0.2, 0) is 25.6 Å². The highest BCUT2D eigenvalue weighted by Gasteiger charge is 2.49. The molecule has 0 spiro atoms. The van der Waals surface area contributed by atoms with Crippen molar-refractivity contribution in [3.8, 4) is 0 Å². The Labute approximate surface area is 171 Å². The van der Waals surface area contributed by atoms with Gasteiger partial charge in [0.1, 0.15) is 12.4 Å². The summed E-state index contributed by atoms with van der Waals surface area (Å²) in [5, 5.41) is 0. The van der Waals surface area contributed by atoms with Crippen LogP contribution in [0.2, 0.25) is 0 Å². The van der Waals surface area contributed by atoms with Crippen LogP contribution in [0, 0.1) is 0 Å². The van der Waals surface area contributed by atoms with E-state index in [0.29, 0.717) is 5.56 Å². The monoisotopic (exact) mass is 441 g/mol. The third kappa shape index (κ3) is 5.12. The molecule has 2 aromatic carbocycles. The van der Waals surface area contributed by atoms with Gasteiger partial charge in [-0.25, -0.2) is 4.79 Å². The van der Waals surface area contributed by atoms with Crippen LogP contribution in [0.5, 0.6) is 0 Å². The van der Waals surface area contributed by atoms with E-state index in [-0.39, 0.29) is 25.3 Å². The maximum atomic E-state index is 12.7. The van der Waals surface area contributed by atoms with Gasteiger partial charge in [0.25, 0.3) is 0 Å². The lowest BCUT2D eigenvalue weighted by molar-refractivity contribution is -0.0527. The minimum atomic E-state index is -5.79. The van der Waals surface area contributed by atoms with Crippen molar-refractivity contribution >= 4 is 16.2 Å². The molecule has 1 heterocycles. The molecule has 10 heteroatoms. The molecule has 0 bridgehead atoms. The van der Waals surface area contributed by atoms with Gasteiger partial charge < -0.3 is 8.92 Å². The molecule has 0 radical (unpaired) electrons. The Balaban J connectivity index is 1.79. The Hall–Kier alpha value is -3.01. The molecule has 1 unspecified atom stereocenters. The van der Waals surface area contributed by atoms with Gasteiger partial charge in [0, 0.05) is 13.0 Å². The van der Waals surface area contributed by atoms with Gasteiger partial charge in [-0.3, -0.25) is 4.90 Å². The predicted molar refractivity (Wildman–Crippen MR) is 101 cm³/mol. The van der Waals surface area contributed by atoms with E-state index in [0.717, 1.165) is 11.6 Å². The van der Waals surface area contributed by atoms with Crippen molar-refractivity contribution in [1.82, 2.24) is 4.90 Å². The Morgan fingerprint density at radius 1 is 1.03 bits per heavy atom. The quantitative estimate of drug-likeness (QED) is 0.504. The third-order valence-corrected chi connectivity index (χ3v) is 5.41. The second-order valence-corrected chi connectivity index (χ2v) is 8.01. The summed E-state index contributed by atoms with van der Waals surface area (Å²) in [6, 6.07) is 16.7. The number of alkyl halides is 3. The Bertz CT molecular complexity index is 1010. The molecule has 1 atom stereocenters. The highest BCUT2D eigenvalue weighted by molar-refractivity contribution is 7.87. The molecule has 1 amide bonds. The first-order valence-corrected chi connectivity index (χ1v) is 10.3. The Kier molecular flexibility index (Phi) is 6.35. The molecule has 0 aliphatic carbocycles. The van der Waals surface area contributed by atoms with Crippen molar-refractivity contribution < 1.29 is 35.3 Å². The van der Waals surface area contributed by atoms with E-state index in [9.17, 15) is 26.4 Å². The molecule has 0 N–H and O–H groups in total. The lowest BCUT2D eigenvalue weighted by Gasteiger charge is -2.34. The van der Waals surface area contributed by atoms with Crippen LogP contribution < -0.4 is 0 Å². The molecule has 1 aliphatic rings. The summed E-state index contributed by atoms with van der Waals surface area (Å²) in [6.07, 6.45) is 0.202. The highest BCUT2D eigenvalue weighted by atomic mass is 32.2. The van der Waals surface area contributed by atoms with Crippen LogP contribution in [-0.4, -0.2) is 31.5 Å².